The lowest BCUT2D eigenvalue weighted by atomic mass is 9.88. The van der Waals surface area contributed by atoms with Crippen LogP contribution in [-0.2, 0) is 4.74 Å². The number of halogens is 1. The van der Waals surface area contributed by atoms with Crippen molar-refractivity contribution in [2.24, 2.45) is 4.99 Å². The van der Waals surface area contributed by atoms with Crippen LogP contribution >= 0.6 is 11.6 Å². The molecule has 2 aromatic carbocycles. The standard InChI is InChI=1S/C24H27ClN2O2/c1-6-11-27-22-13-21(25)18(12-20(22)16(2)14-24(27,3)4)15-26-19-9-7-17(8-10-19)23(28)29-5/h7-10,12-15H,6,11H2,1-5H3. The Morgan fingerprint density at radius 2 is 1.93 bits per heavy atom. The Morgan fingerprint density at radius 1 is 1.24 bits per heavy atom. The SMILES string of the molecule is CCCN1c2cc(Cl)c(C=Nc3ccc(C(=O)OC)cc3)cc2C(C)=CC1(C)C. The Kier molecular flexibility index (Phi) is 6.13. The predicted molar refractivity (Wildman–Crippen MR) is 122 cm³/mol. The summed E-state index contributed by atoms with van der Waals surface area (Å²) in [5.41, 5.74) is 5.65. The van der Waals surface area contributed by atoms with Gasteiger partial charge in [0.2, 0.25) is 0 Å². The summed E-state index contributed by atoms with van der Waals surface area (Å²) in [7, 11) is 1.37. The second-order valence-electron chi connectivity index (χ2n) is 7.82. The fourth-order valence-electron chi connectivity index (χ4n) is 3.79. The lowest BCUT2D eigenvalue weighted by Crippen LogP contribution is -2.45. The van der Waals surface area contributed by atoms with Crippen LogP contribution in [0, 0.1) is 0 Å². The number of esters is 1. The molecule has 1 aliphatic rings. The number of nitrogens with zero attached hydrogens (tertiary/aromatic N) is 2. The Bertz CT molecular complexity index is 975. The Balaban J connectivity index is 1.93. The van der Waals surface area contributed by atoms with Crippen molar-refractivity contribution in [3.05, 3.63) is 64.2 Å². The summed E-state index contributed by atoms with van der Waals surface area (Å²) < 4.78 is 4.72. The average molecular weight is 411 g/mol. The lowest BCUT2D eigenvalue weighted by molar-refractivity contribution is 0.0601. The number of anilines is 1. The minimum atomic E-state index is -0.361. The van der Waals surface area contributed by atoms with Crippen molar-refractivity contribution < 1.29 is 9.53 Å². The number of methoxy groups -OCH3 is 1. The zero-order valence-corrected chi connectivity index (χ0v) is 18.4. The van der Waals surface area contributed by atoms with Crippen LogP contribution < -0.4 is 4.90 Å². The maximum atomic E-state index is 11.5. The number of hydrogen-bond donors (Lipinski definition) is 0. The van der Waals surface area contributed by atoms with Gasteiger partial charge in [-0.25, -0.2) is 4.79 Å². The summed E-state index contributed by atoms with van der Waals surface area (Å²) in [6.45, 7) is 9.77. The van der Waals surface area contributed by atoms with E-state index >= 15 is 0 Å². The summed E-state index contributed by atoms with van der Waals surface area (Å²) >= 11 is 6.62. The van der Waals surface area contributed by atoms with E-state index in [9.17, 15) is 4.79 Å². The highest BCUT2D eigenvalue weighted by atomic mass is 35.5. The quantitative estimate of drug-likeness (QED) is 0.429. The van der Waals surface area contributed by atoms with Crippen LogP contribution in [0.1, 0.15) is 55.6 Å². The van der Waals surface area contributed by atoms with Gasteiger partial charge in [0.15, 0.2) is 0 Å². The number of ether oxygens (including phenoxy) is 1. The van der Waals surface area contributed by atoms with Gasteiger partial charge < -0.3 is 9.64 Å². The van der Waals surface area contributed by atoms with Crippen molar-refractivity contribution in [2.45, 2.75) is 39.7 Å². The van der Waals surface area contributed by atoms with Crippen molar-refractivity contribution in [2.75, 3.05) is 18.6 Å². The molecule has 0 bridgehead atoms. The molecule has 1 heterocycles. The van der Waals surface area contributed by atoms with Crippen molar-refractivity contribution in [3.63, 3.8) is 0 Å². The van der Waals surface area contributed by atoms with Crippen LogP contribution in [0.4, 0.5) is 11.4 Å². The molecule has 0 aliphatic carbocycles. The zero-order valence-electron chi connectivity index (χ0n) is 17.6. The first kappa shape index (κ1) is 21.1. The molecule has 0 atom stereocenters. The average Bonchev–Trinajstić information content (AvgIpc) is 2.69. The van der Waals surface area contributed by atoms with E-state index in [1.54, 1.807) is 30.5 Å². The van der Waals surface area contributed by atoms with Crippen molar-refractivity contribution in [1.29, 1.82) is 0 Å². The number of carbonyl (C=O) groups is 1. The van der Waals surface area contributed by atoms with Gasteiger partial charge in [0, 0.05) is 29.6 Å². The van der Waals surface area contributed by atoms with Crippen molar-refractivity contribution in [3.8, 4) is 0 Å². The third kappa shape index (κ3) is 4.38. The van der Waals surface area contributed by atoms with Gasteiger partial charge in [-0.05, 0) is 69.2 Å². The molecule has 0 spiro atoms. The maximum absolute atomic E-state index is 11.5. The normalized spacial score (nSPS) is 15.2. The molecule has 0 aromatic heterocycles. The first-order chi connectivity index (χ1) is 13.8. The molecule has 0 saturated heterocycles. The summed E-state index contributed by atoms with van der Waals surface area (Å²) in [5, 5.41) is 0.672. The zero-order chi connectivity index (χ0) is 21.2. The van der Waals surface area contributed by atoms with Gasteiger partial charge in [-0.3, -0.25) is 4.99 Å². The van der Waals surface area contributed by atoms with E-state index in [1.807, 2.05) is 6.07 Å². The van der Waals surface area contributed by atoms with Gasteiger partial charge in [-0.1, -0.05) is 24.6 Å². The Morgan fingerprint density at radius 3 is 2.55 bits per heavy atom. The molecule has 0 fully saturated rings. The van der Waals surface area contributed by atoms with Gasteiger partial charge in [-0.2, -0.15) is 0 Å². The fourth-order valence-corrected chi connectivity index (χ4v) is 4.00. The second-order valence-corrected chi connectivity index (χ2v) is 8.23. The number of hydrogen-bond acceptors (Lipinski definition) is 4. The molecule has 2 aromatic rings. The number of benzene rings is 2. The first-order valence-electron chi connectivity index (χ1n) is 9.80. The predicted octanol–water partition coefficient (Wildman–Crippen LogP) is 6.29. The Labute approximate surface area is 177 Å². The molecule has 0 N–H and O–H groups in total. The van der Waals surface area contributed by atoms with Crippen molar-refractivity contribution >= 4 is 40.7 Å². The maximum Gasteiger partial charge on any atom is 0.337 e. The summed E-state index contributed by atoms with van der Waals surface area (Å²) in [4.78, 5) is 18.5. The smallest absolute Gasteiger partial charge is 0.337 e. The molecule has 5 heteroatoms. The minimum Gasteiger partial charge on any atom is -0.465 e. The van der Waals surface area contributed by atoms with Gasteiger partial charge in [-0.15, -0.1) is 0 Å². The molecule has 29 heavy (non-hydrogen) atoms. The topological polar surface area (TPSA) is 41.9 Å². The van der Waals surface area contributed by atoms with E-state index in [1.165, 1.54) is 23.9 Å². The van der Waals surface area contributed by atoms with E-state index in [0.717, 1.165) is 24.2 Å². The van der Waals surface area contributed by atoms with E-state index in [-0.39, 0.29) is 11.5 Å². The van der Waals surface area contributed by atoms with Crippen LogP contribution in [0.3, 0.4) is 0 Å². The number of allylic oxidation sites excluding steroid dienone is 1. The van der Waals surface area contributed by atoms with Gasteiger partial charge >= 0.3 is 5.97 Å². The van der Waals surface area contributed by atoms with Gasteiger partial charge in [0.1, 0.15) is 0 Å². The summed E-state index contributed by atoms with van der Waals surface area (Å²) in [6.07, 6.45) is 5.15. The number of rotatable bonds is 5. The molecule has 0 saturated carbocycles. The number of fused-ring (bicyclic) bond motifs is 1. The van der Waals surface area contributed by atoms with Crippen LogP contribution in [0.2, 0.25) is 5.02 Å². The van der Waals surface area contributed by atoms with E-state index < -0.39 is 0 Å². The summed E-state index contributed by atoms with van der Waals surface area (Å²) in [6, 6.07) is 11.1. The molecule has 4 nitrogen and oxygen atoms in total. The highest BCUT2D eigenvalue weighted by molar-refractivity contribution is 6.33. The van der Waals surface area contributed by atoms with Crippen LogP contribution in [0.25, 0.3) is 5.57 Å². The van der Waals surface area contributed by atoms with E-state index in [2.05, 4.69) is 49.7 Å². The third-order valence-corrected chi connectivity index (χ3v) is 5.51. The minimum absolute atomic E-state index is 0.0482. The highest BCUT2D eigenvalue weighted by Crippen LogP contribution is 2.41. The largest absolute Gasteiger partial charge is 0.465 e. The van der Waals surface area contributed by atoms with Gasteiger partial charge in [0.05, 0.1) is 28.9 Å². The monoisotopic (exact) mass is 410 g/mol. The fraction of sp³-hybridized carbons (Fsp3) is 0.333. The second kappa shape index (κ2) is 8.42. The molecule has 0 unspecified atom stereocenters. The van der Waals surface area contributed by atoms with Crippen LogP contribution in [-0.4, -0.2) is 31.4 Å². The lowest BCUT2D eigenvalue weighted by Gasteiger charge is -2.43. The highest BCUT2D eigenvalue weighted by Gasteiger charge is 2.31. The molecule has 1 aliphatic heterocycles. The van der Waals surface area contributed by atoms with Crippen LogP contribution in [0.5, 0.6) is 0 Å². The molecule has 0 amide bonds. The third-order valence-electron chi connectivity index (χ3n) is 5.18. The van der Waals surface area contributed by atoms with Gasteiger partial charge in [0.25, 0.3) is 0 Å². The summed E-state index contributed by atoms with van der Waals surface area (Å²) in [5.74, 6) is -0.361. The molecule has 0 radical (unpaired) electrons. The van der Waals surface area contributed by atoms with E-state index in [0.29, 0.717) is 10.6 Å². The van der Waals surface area contributed by atoms with Crippen LogP contribution in [0.15, 0.2) is 47.5 Å². The van der Waals surface area contributed by atoms with Crippen molar-refractivity contribution in [1.82, 2.24) is 0 Å². The number of aliphatic imine (C=N–C) groups is 1. The van der Waals surface area contributed by atoms with E-state index in [4.69, 9.17) is 16.3 Å². The Hall–Kier alpha value is -2.59. The molecular formula is C24H27ClN2O2. The number of carbonyl (C=O) groups excluding carboxylic acids is 1. The molecule has 152 valence electrons. The molecule has 3 rings (SSSR count). The first-order valence-corrected chi connectivity index (χ1v) is 10.2. The molecular weight excluding hydrogens is 384 g/mol.